The molecule has 0 aliphatic carbocycles. The normalized spacial score (nSPS) is 10.5. The third kappa shape index (κ3) is 3.37. The van der Waals surface area contributed by atoms with E-state index in [0.29, 0.717) is 12.2 Å². The molecule has 0 spiro atoms. The molecule has 0 unspecified atom stereocenters. The summed E-state index contributed by atoms with van der Waals surface area (Å²) in [7, 11) is 0. The quantitative estimate of drug-likeness (QED) is 0.872. The Bertz CT molecular complexity index is 607. The van der Waals surface area contributed by atoms with Crippen LogP contribution in [-0.2, 0) is 6.54 Å². The molecule has 100 valence electrons. The Morgan fingerprint density at radius 1 is 1.32 bits per heavy atom. The number of rotatable bonds is 4. The third-order valence-corrected chi connectivity index (χ3v) is 3.99. The summed E-state index contributed by atoms with van der Waals surface area (Å²) in [6.07, 6.45) is 0. The first-order valence-corrected chi connectivity index (χ1v) is 6.75. The Balaban J connectivity index is 2.12. The molecule has 1 heterocycles. The van der Waals surface area contributed by atoms with Crippen molar-refractivity contribution in [2.45, 2.75) is 6.54 Å². The van der Waals surface area contributed by atoms with Gasteiger partial charge in [-0.1, -0.05) is 23.2 Å². The average molecular weight is 320 g/mol. The number of nitrogens with one attached hydrogen (secondary N) is 1. The number of thiophene rings is 1. The zero-order valence-corrected chi connectivity index (χ0v) is 11.7. The van der Waals surface area contributed by atoms with Gasteiger partial charge in [0.1, 0.15) is 10.7 Å². The van der Waals surface area contributed by atoms with E-state index in [1.807, 2.05) is 0 Å². The van der Waals surface area contributed by atoms with E-state index in [1.54, 1.807) is 6.07 Å². The molecule has 0 saturated heterocycles. The largest absolute Gasteiger partial charge is 0.477 e. The van der Waals surface area contributed by atoms with Crippen molar-refractivity contribution in [3.05, 3.63) is 49.9 Å². The molecule has 0 saturated carbocycles. The molecule has 0 aliphatic rings. The van der Waals surface area contributed by atoms with E-state index >= 15 is 0 Å². The molecule has 0 radical (unpaired) electrons. The second-order valence-electron chi connectivity index (χ2n) is 3.67. The van der Waals surface area contributed by atoms with Gasteiger partial charge in [-0.2, -0.15) is 0 Å². The van der Waals surface area contributed by atoms with Crippen LogP contribution < -0.4 is 5.32 Å². The lowest BCUT2D eigenvalue weighted by atomic mass is 10.3. The van der Waals surface area contributed by atoms with E-state index in [2.05, 4.69) is 5.32 Å². The van der Waals surface area contributed by atoms with Crippen LogP contribution in [0.5, 0.6) is 0 Å². The minimum absolute atomic E-state index is 0.181. The second kappa shape index (κ2) is 5.77. The number of aromatic carboxylic acids is 1. The predicted molar refractivity (Wildman–Crippen MR) is 75.0 cm³/mol. The molecule has 3 nitrogen and oxygen atoms in total. The lowest BCUT2D eigenvalue weighted by molar-refractivity contribution is 0.0702. The van der Waals surface area contributed by atoms with Crippen LogP contribution in [0.1, 0.15) is 14.5 Å². The van der Waals surface area contributed by atoms with E-state index in [9.17, 15) is 9.18 Å². The number of hydrogen-bond acceptors (Lipinski definition) is 3. The van der Waals surface area contributed by atoms with E-state index in [4.69, 9.17) is 28.3 Å². The second-order valence-corrected chi connectivity index (χ2v) is 5.65. The van der Waals surface area contributed by atoms with Gasteiger partial charge >= 0.3 is 5.97 Å². The van der Waals surface area contributed by atoms with Gasteiger partial charge < -0.3 is 10.4 Å². The summed E-state index contributed by atoms with van der Waals surface area (Å²) in [5.41, 5.74) is 0.426. The average Bonchev–Trinajstić information content (AvgIpc) is 2.76. The summed E-state index contributed by atoms with van der Waals surface area (Å²) < 4.78 is 13.0. The molecule has 19 heavy (non-hydrogen) atoms. The summed E-state index contributed by atoms with van der Waals surface area (Å²) in [5, 5.41) is 12.1. The van der Waals surface area contributed by atoms with Crippen LogP contribution >= 0.6 is 34.5 Å². The SMILES string of the molecule is O=C(O)c1ccc(CNc2c(Cl)cc(F)cc2Cl)s1. The van der Waals surface area contributed by atoms with Crippen molar-refractivity contribution in [1.29, 1.82) is 0 Å². The van der Waals surface area contributed by atoms with E-state index in [-0.39, 0.29) is 14.9 Å². The molecular weight excluding hydrogens is 312 g/mol. The standard InChI is InChI=1S/C12H8Cl2FNO2S/c13-8-3-6(15)4-9(14)11(8)16-5-7-1-2-10(19-7)12(17)18/h1-4,16H,5H2,(H,17,18). The third-order valence-electron chi connectivity index (χ3n) is 2.32. The Labute approximate surface area is 122 Å². The van der Waals surface area contributed by atoms with Gasteiger partial charge in [0.15, 0.2) is 0 Å². The maximum Gasteiger partial charge on any atom is 0.345 e. The minimum atomic E-state index is -0.964. The van der Waals surface area contributed by atoms with Crippen LogP contribution in [0.3, 0.4) is 0 Å². The van der Waals surface area contributed by atoms with Crippen molar-refractivity contribution in [3.8, 4) is 0 Å². The first-order chi connectivity index (χ1) is 8.97. The van der Waals surface area contributed by atoms with Gasteiger partial charge in [-0.05, 0) is 24.3 Å². The van der Waals surface area contributed by atoms with Crippen LogP contribution in [0.2, 0.25) is 10.0 Å². The van der Waals surface area contributed by atoms with Gasteiger partial charge in [0.25, 0.3) is 0 Å². The molecule has 0 atom stereocenters. The summed E-state index contributed by atoms with van der Waals surface area (Å²) in [4.78, 5) is 11.8. The van der Waals surface area contributed by atoms with Crippen LogP contribution in [0.25, 0.3) is 0 Å². The highest BCUT2D eigenvalue weighted by Crippen LogP contribution is 2.32. The number of carboxylic acid groups (broad SMARTS) is 1. The molecular formula is C12H8Cl2FNO2S. The van der Waals surface area contributed by atoms with Crippen LogP contribution in [0, 0.1) is 5.82 Å². The van der Waals surface area contributed by atoms with Gasteiger partial charge in [0.05, 0.1) is 15.7 Å². The molecule has 7 heteroatoms. The Morgan fingerprint density at radius 2 is 1.95 bits per heavy atom. The minimum Gasteiger partial charge on any atom is -0.477 e. The van der Waals surface area contributed by atoms with Gasteiger partial charge in [0.2, 0.25) is 0 Å². The molecule has 0 bridgehead atoms. The molecule has 1 aromatic carbocycles. The number of benzene rings is 1. The van der Waals surface area contributed by atoms with Crippen LogP contribution in [0.4, 0.5) is 10.1 Å². The number of anilines is 1. The van der Waals surface area contributed by atoms with Crippen LogP contribution in [0.15, 0.2) is 24.3 Å². The topological polar surface area (TPSA) is 49.3 Å². The summed E-state index contributed by atoms with van der Waals surface area (Å²) in [6, 6.07) is 5.55. The summed E-state index contributed by atoms with van der Waals surface area (Å²) in [5.74, 6) is -1.47. The molecule has 2 aromatic rings. The monoisotopic (exact) mass is 319 g/mol. The summed E-state index contributed by atoms with van der Waals surface area (Å²) in [6.45, 7) is 0.364. The molecule has 1 aromatic heterocycles. The van der Waals surface area contributed by atoms with E-state index in [1.165, 1.54) is 6.07 Å². The summed E-state index contributed by atoms with van der Waals surface area (Å²) >= 11 is 12.9. The lowest BCUT2D eigenvalue weighted by Crippen LogP contribution is -1.99. The molecule has 0 fully saturated rings. The van der Waals surface area contributed by atoms with Crippen molar-refractivity contribution in [2.24, 2.45) is 0 Å². The Kier molecular flexibility index (Phi) is 4.29. The van der Waals surface area contributed by atoms with E-state index in [0.717, 1.165) is 28.3 Å². The van der Waals surface area contributed by atoms with Gasteiger partial charge in [-0.3, -0.25) is 0 Å². The zero-order valence-electron chi connectivity index (χ0n) is 9.41. The number of hydrogen-bond donors (Lipinski definition) is 2. The van der Waals surface area contributed by atoms with Crippen molar-refractivity contribution < 1.29 is 14.3 Å². The number of carboxylic acids is 1. The number of halogens is 3. The van der Waals surface area contributed by atoms with Gasteiger partial charge in [0, 0.05) is 11.4 Å². The Hall–Kier alpha value is -1.30. The van der Waals surface area contributed by atoms with Gasteiger partial charge in [-0.15, -0.1) is 11.3 Å². The molecule has 2 rings (SSSR count). The van der Waals surface area contributed by atoms with Crippen molar-refractivity contribution in [2.75, 3.05) is 5.32 Å². The van der Waals surface area contributed by atoms with Crippen molar-refractivity contribution in [3.63, 3.8) is 0 Å². The first kappa shape index (κ1) is 14.1. The number of carbonyl (C=O) groups is 1. The molecule has 2 N–H and O–H groups in total. The smallest absolute Gasteiger partial charge is 0.345 e. The van der Waals surface area contributed by atoms with Gasteiger partial charge in [-0.25, -0.2) is 9.18 Å². The Morgan fingerprint density at radius 3 is 2.47 bits per heavy atom. The highest BCUT2D eigenvalue weighted by atomic mass is 35.5. The zero-order chi connectivity index (χ0) is 14.0. The predicted octanol–water partition coefficient (Wildman–Crippen LogP) is 4.50. The lowest BCUT2D eigenvalue weighted by Gasteiger charge is -2.09. The molecule has 0 amide bonds. The maximum atomic E-state index is 13.0. The fraction of sp³-hybridized carbons (Fsp3) is 0.0833. The van der Waals surface area contributed by atoms with Crippen molar-refractivity contribution >= 4 is 46.2 Å². The molecule has 0 aliphatic heterocycles. The first-order valence-electron chi connectivity index (χ1n) is 5.18. The highest BCUT2D eigenvalue weighted by Gasteiger charge is 2.10. The highest BCUT2D eigenvalue weighted by molar-refractivity contribution is 7.13. The fourth-order valence-corrected chi connectivity index (χ4v) is 2.85. The maximum absolute atomic E-state index is 13.0. The van der Waals surface area contributed by atoms with Crippen LogP contribution in [-0.4, -0.2) is 11.1 Å². The fourth-order valence-electron chi connectivity index (χ4n) is 1.47. The van der Waals surface area contributed by atoms with E-state index < -0.39 is 11.8 Å². The van der Waals surface area contributed by atoms with Crippen molar-refractivity contribution in [1.82, 2.24) is 0 Å².